The van der Waals surface area contributed by atoms with Crippen LogP contribution < -0.4 is 11.5 Å². The van der Waals surface area contributed by atoms with Gasteiger partial charge in [0.05, 0.1) is 5.70 Å². The van der Waals surface area contributed by atoms with Crippen LogP contribution in [0.5, 0.6) is 0 Å². The maximum absolute atomic E-state index is 5.94. The minimum absolute atomic E-state index is 0.665. The van der Waals surface area contributed by atoms with Crippen molar-refractivity contribution in [1.82, 2.24) is 9.80 Å². The predicted molar refractivity (Wildman–Crippen MR) is 59.3 cm³/mol. The van der Waals surface area contributed by atoms with E-state index >= 15 is 0 Å². The summed E-state index contributed by atoms with van der Waals surface area (Å²) >= 11 is 0. The lowest BCUT2D eigenvalue weighted by Gasteiger charge is -2.34. The van der Waals surface area contributed by atoms with Gasteiger partial charge in [-0.3, -0.25) is 0 Å². The lowest BCUT2D eigenvalue weighted by molar-refractivity contribution is 0.183. The first-order valence-electron chi connectivity index (χ1n) is 4.93. The van der Waals surface area contributed by atoms with Gasteiger partial charge in [0.1, 0.15) is 5.82 Å². The van der Waals surface area contributed by atoms with Gasteiger partial charge in [-0.15, -0.1) is 6.58 Å². The Morgan fingerprint density at radius 1 is 1.29 bits per heavy atom. The zero-order valence-corrected chi connectivity index (χ0v) is 8.87. The highest BCUT2D eigenvalue weighted by Crippen LogP contribution is 2.07. The first-order chi connectivity index (χ1) is 6.65. The summed E-state index contributed by atoms with van der Waals surface area (Å²) in [4.78, 5) is 4.42. The highest BCUT2D eigenvalue weighted by atomic mass is 15.3. The Kier molecular flexibility index (Phi) is 3.83. The van der Waals surface area contributed by atoms with Gasteiger partial charge in [-0.25, -0.2) is 0 Å². The highest BCUT2D eigenvalue weighted by molar-refractivity contribution is 5.10. The van der Waals surface area contributed by atoms with E-state index in [9.17, 15) is 0 Å². The van der Waals surface area contributed by atoms with Gasteiger partial charge >= 0.3 is 0 Å². The Balaban J connectivity index is 2.56. The third-order valence-electron chi connectivity index (χ3n) is 2.54. The van der Waals surface area contributed by atoms with E-state index in [2.05, 4.69) is 23.4 Å². The molecule has 80 valence electrons. The second-order valence-corrected chi connectivity index (χ2v) is 3.69. The van der Waals surface area contributed by atoms with E-state index in [0.29, 0.717) is 6.42 Å². The molecule has 0 aromatic heterocycles. The van der Waals surface area contributed by atoms with E-state index in [4.69, 9.17) is 11.5 Å². The molecule has 0 aliphatic carbocycles. The quantitative estimate of drug-likeness (QED) is 0.619. The van der Waals surface area contributed by atoms with Crippen molar-refractivity contribution in [1.29, 1.82) is 0 Å². The van der Waals surface area contributed by atoms with Crippen molar-refractivity contribution in [2.75, 3.05) is 33.2 Å². The van der Waals surface area contributed by atoms with Gasteiger partial charge in [0.25, 0.3) is 0 Å². The number of nitrogens with zero attached hydrogens (tertiary/aromatic N) is 2. The number of hydrogen-bond acceptors (Lipinski definition) is 4. The summed E-state index contributed by atoms with van der Waals surface area (Å²) in [5, 5.41) is 0. The first kappa shape index (κ1) is 10.9. The summed E-state index contributed by atoms with van der Waals surface area (Å²) in [7, 11) is 2.12. The molecule has 4 nitrogen and oxygen atoms in total. The largest absolute Gasteiger partial charge is 0.399 e. The zero-order chi connectivity index (χ0) is 10.6. The van der Waals surface area contributed by atoms with Crippen LogP contribution in [0.3, 0.4) is 0 Å². The lowest BCUT2D eigenvalue weighted by Crippen LogP contribution is -2.46. The molecule has 0 aromatic rings. The fourth-order valence-corrected chi connectivity index (χ4v) is 1.51. The molecule has 0 radical (unpaired) electrons. The van der Waals surface area contributed by atoms with Gasteiger partial charge in [-0.2, -0.15) is 0 Å². The van der Waals surface area contributed by atoms with E-state index in [0.717, 1.165) is 37.7 Å². The molecular weight excluding hydrogens is 176 g/mol. The van der Waals surface area contributed by atoms with Crippen LogP contribution >= 0.6 is 0 Å². The first-order valence-corrected chi connectivity index (χ1v) is 4.93. The number of rotatable bonds is 3. The number of likely N-dealkylation sites (N-methyl/N-ethyl adjacent to an activating group) is 1. The Morgan fingerprint density at radius 2 is 1.86 bits per heavy atom. The minimum atomic E-state index is 0.665. The molecule has 1 aliphatic rings. The van der Waals surface area contributed by atoms with Crippen molar-refractivity contribution in [3.63, 3.8) is 0 Å². The average molecular weight is 196 g/mol. The van der Waals surface area contributed by atoms with Crippen LogP contribution in [-0.2, 0) is 0 Å². The molecule has 1 rings (SSSR count). The molecule has 4 N–H and O–H groups in total. The highest BCUT2D eigenvalue weighted by Gasteiger charge is 2.15. The van der Waals surface area contributed by atoms with Gasteiger partial charge in [-0.05, 0) is 7.05 Å². The van der Waals surface area contributed by atoms with E-state index in [1.165, 1.54) is 0 Å². The number of hydrogen-bond donors (Lipinski definition) is 2. The summed E-state index contributed by atoms with van der Waals surface area (Å²) < 4.78 is 0. The van der Waals surface area contributed by atoms with Crippen LogP contribution in [0.2, 0.25) is 0 Å². The Labute approximate surface area is 85.8 Å². The smallest absolute Gasteiger partial charge is 0.118 e. The Hall–Kier alpha value is -1.16. The molecule has 1 heterocycles. The van der Waals surface area contributed by atoms with Crippen LogP contribution in [0.15, 0.2) is 24.2 Å². The zero-order valence-electron chi connectivity index (χ0n) is 8.87. The fourth-order valence-electron chi connectivity index (χ4n) is 1.51. The van der Waals surface area contributed by atoms with Gasteiger partial charge in [0.15, 0.2) is 0 Å². The number of nitrogens with two attached hydrogens (primary N) is 2. The summed E-state index contributed by atoms with van der Waals surface area (Å²) in [6, 6.07) is 0. The van der Waals surface area contributed by atoms with Crippen LogP contribution in [0, 0.1) is 0 Å². The van der Waals surface area contributed by atoms with E-state index < -0.39 is 0 Å². The van der Waals surface area contributed by atoms with Gasteiger partial charge < -0.3 is 21.3 Å². The van der Waals surface area contributed by atoms with Gasteiger partial charge in [-0.1, -0.05) is 6.08 Å². The molecule has 1 fully saturated rings. The third-order valence-corrected chi connectivity index (χ3v) is 2.54. The third kappa shape index (κ3) is 2.67. The molecule has 0 saturated carbocycles. The van der Waals surface area contributed by atoms with Crippen molar-refractivity contribution < 1.29 is 0 Å². The van der Waals surface area contributed by atoms with Gasteiger partial charge in [0.2, 0.25) is 0 Å². The molecule has 0 amide bonds. The molecular formula is C10H20N4. The molecule has 0 bridgehead atoms. The summed E-state index contributed by atoms with van der Waals surface area (Å²) in [6.45, 7) is 7.65. The molecule has 14 heavy (non-hydrogen) atoms. The van der Waals surface area contributed by atoms with Crippen molar-refractivity contribution in [3.05, 3.63) is 24.2 Å². The standard InChI is InChI=1S/C10H20N4/c1-3-4-9(11)10(12)14-7-5-13(2)6-8-14/h3H,1,4-8,11-12H2,2H3/b10-9+. The van der Waals surface area contributed by atoms with Crippen molar-refractivity contribution >= 4 is 0 Å². The molecule has 1 aliphatic heterocycles. The normalized spacial score (nSPS) is 20.5. The maximum Gasteiger partial charge on any atom is 0.118 e. The maximum atomic E-state index is 5.94. The molecule has 0 atom stereocenters. The van der Waals surface area contributed by atoms with E-state index in [-0.39, 0.29) is 0 Å². The van der Waals surface area contributed by atoms with Crippen LogP contribution in [0.1, 0.15) is 6.42 Å². The van der Waals surface area contributed by atoms with Crippen LogP contribution in [-0.4, -0.2) is 43.0 Å². The average Bonchev–Trinajstić information content (AvgIpc) is 2.18. The summed E-state index contributed by atoms with van der Waals surface area (Å²) in [5.74, 6) is 0.720. The van der Waals surface area contributed by atoms with E-state index in [1.54, 1.807) is 6.08 Å². The topological polar surface area (TPSA) is 58.5 Å². The Morgan fingerprint density at radius 3 is 2.36 bits per heavy atom. The number of piperazine rings is 1. The van der Waals surface area contributed by atoms with Crippen molar-refractivity contribution in [2.45, 2.75) is 6.42 Å². The minimum Gasteiger partial charge on any atom is -0.399 e. The second-order valence-electron chi connectivity index (χ2n) is 3.69. The monoisotopic (exact) mass is 196 g/mol. The van der Waals surface area contributed by atoms with Crippen LogP contribution in [0.25, 0.3) is 0 Å². The van der Waals surface area contributed by atoms with Gasteiger partial charge in [0, 0.05) is 32.6 Å². The second kappa shape index (κ2) is 4.91. The predicted octanol–water partition coefficient (Wildman–Crippen LogP) is -0.104. The van der Waals surface area contributed by atoms with Crippen molar-refractivity contribution in [3.8, 4) is 0 Å². The fraction of sp³-hybridized carbons (Fsp3) is 0.600. The SMILES string of the molecule is C=CC/C(N)=C(/N)N1CCN(C)CC1. The molecule has 0 aromatic carbocycles. The summed E-state index contributed by atoms with van der Waals surface area (Å²) in [5.41, 5.74) is 12.5. The number of allylic oxidation sites excluding steroid dienone is 1. The molecule has 4 heteroatoms. The van der Waals surface area contributed by atoms with E-state index in [1.807, 2.05) is 0 Å². The lowest BCUT2D eigenvalue weighted by atomic mass is 10.2. The molecule has 0 unspecified atom stereocenters. The molecule has 0 spiro atoms. The van der Waals surface area contributed by atoms with Crippen LogP contribution in [0.4, 0.5) is 0 Å². The summed E-state index contributed by atoms with van der Waals surface area (Å²) in [6.07, 6.45) is 2.44. The molecule has 1 saturated heterocycles. The Bertz CT molecular complexity index is 226. The van der Waals surface area contributed by atoms with Crippen molar-refractivity contribution in [2.24, 2.45) is 11.5 Å².